The van der Waals surface area contributed by atoms with E-state index in [4.69, 9.17) is 5.11 Å². The van der Waals surface area contributed by atoms with Crippen molar-refractivity contribution in [2.75, 3.05) is 0 Å². The highest BCUT2D eigenvalue weighted by Crippen LogP contribution is 2.03. The molecule has 0 aromatic rings. The minimum Gasteiger partial charge on any atom is -0.450 e. The van der Waals surface area contributed by atoms with Gasteiger partial charge in [0, 0.05) is 0 Å². The van der Waals surface area contributed by atoms with Gasteiger partial charge in [-0.2, -0.15) is 0 Å². The lowest BCUT2D eigenvalue weighted by atomic mass is 10.2. The van der Waals surface area contributed by atoms with Gasteiger partial charge in [0.05, 0.1) is 0 Å². The topological polar surface area (TPSA) is 46.5 Å². The summed E-state index contributed by atoms with van der Waals surface area (Å²) in [6.45, 7) is 3.83. The van der Waals surface area contributed by atoms with Gasteiger partial charge in [-0.25, -0.2) is 4.79 Å². The van der Waals surface area contributed by atoms with Crippen molar-refractivity contribution in [2.45, 2.75) is 39.2 Å². The second kappa shape index (κ2) is 5.09. The minimum absolute atomic E-state index is 0.155. The Morgan fingerprint density at radius 2 is 2.30 bits per heavy atom. The SMILES string of the molecule is CCCCC(C)OC(=O)O. The Morgan fingerprint density at radius 3 is 2.70 bits per heavy atom. The number of carbonyl (C=O) groups is 1. The van der Waals surface area contributed by atoms with Crippen LogP contribution < -0.4 is 0 Å². The van der Waals surface area contributed by atoms with E-state index in [2.05, 4.69) is 11.7 Å². The van der Waals surface area contributed by atoms with Crippen LogP contribution in [0.1, 0.15) is 33.1 Å². The second-order valence-corrected chi connectivity index (χ2v) is 2.34. The number of unbranched alkanes of at least 4 members (excludes halogenated alkanes) is 1. The van der Waals surface area contributed by atoms with Crippen LogP contribution in [0.15, 0.2) is 0 Å². The highest BCUT2D eigenvalue weighted by atomic mass is 16.7. The molecule has 0 rings (SSSR count). The van der Waals surface area contributed by atoms with Crippen molar-refractivity contribution in [1.29, 1.82) is 0 Å². The van der Waals surface area contributed by atoms with Crippen LogP contribution in [0.3, 0.4) is 0 Å². The summed E-state index contributed by atoms with van der Waals surface area (Å²) in [6, 6.07) is 0. The molecule has 0 saturated carbocycles. The summed E-state index contributed by atoms with van der Waals surface area (Å²) in [6.07, 6.45) is 1.59. The van der Waals surface area contributed by atoms with Crippen LogP contribution >= 0.6 is 0 Å². The molecule has 0 saturated heterocycles. The van der Waals surface area contributed by atoms with Gasteiger partial charge in [0.15, 0.2) is 0 Å². The molecule has 10 heavy (non-hydrogen) atoms. The Hall–Kier alpha value is -0.730. The van der Waals surface area contributed by atoms with Crippen molar-refractivity contribution in [3.05, 3.63) is 0 Å². The molecule has 3 nitrogen and oxygen atoms in total. The average molecular weight is 146 g/mol. The lowest BCUT2D eigenvalue weighted by Crippen LogP contribution is -2.12. The molecule has 0 aliphatic rings. The van der Waals surface area contributed by atoms with Crippen LogP contribution in [0.4, 0.5) is 4.79 Å². The molecule has 1 atom stereocenters. The lowest BCUT2D eigenvalue weighted by molar-refractivity contribution is 0.0550. The van der Waals surface area contributed by atoms with E-state index in [1.54, 1.807) is 6.92 Å². The van der Waals surface area contributed by atoms with Gasteiger partial charge >= 0.3 is 6.16 Å². The van der Waals surface area contributed by atoms with Crippen LogP contribution in [0.2, 0.25) is 0 Å². The summed E-state index contributed by atoms with van der Waals surface area (Å²) in [5.41, 5.74) is 0. The fraction of sp³-hybridized carbons (Fsp3) is 0.857. The summed E-state index contributed by atoms with van der Waals surface area (Å²) in [5.74, 6) is 0. The fourth-order valence-corrected chi connectivity index (χ4v) is 0.723. The van der Waals surface area contributed by atoms with E-state index >= 15 is 0 Å². The van der Waals surface area contributed by atoms with Crippen molar-refractivity contribution in [1.82, 2.24) is 0 Å². The van der Waals surface area contributed by atoms with Crippen molar-refractivity contribution in [3.63, 3.8) is 0 Å². The van der Waals surface area contributed by atoms with Crippen molar-refractivity contribution in [3.8, 4) is 0 Å². The Balaban J connectivity index is 3.25. The van der Waals surface area contributed by atoms with E-state index in [0.717, 1.165) is 19.3 Å². The monoisotopic (exact) mass is 146 g/mol. The van der Waals surface area contributed by atoms with E-state index in [1.807, 2.05) is 0 Å². The molecule has 0 fully saturated rings. The van der Waals surface area contributed by atoms with E-state index in [1.165, 1.54) is 0 Å². The Labute approximate surface area is 61.0 Å². The van der Waals surface area contributed by atoms with Crippen LogP contribution in [-0.4, -0.2) is 17.4 Å². The summed E-state index contributed by atoms with van der Waals surface area (Å²) in [5, 5.41) is 8.16. The fourth-order valence-electron chi connectivity index (χ4n) is 0.723. The molecular weight excluding hydrogens is 132 g/mol. The third-order valence-electron chi connectivity index (χ3n) is 1.27. The molecule has 0 aliphatic carbocycles. The highest BCUT2D eigenvalue weighted by molar-refractivity contribution is 5.56. The predicted octanol–water partition coefficient (Wildman–Crippen LogP) is 2.26. The average Bonchev–Trinajstić information content (AvgIpc) is 1.82. The predicted molar refractivity (Wildman–Crippen MR) is 38.1 cm³/mol. The zero-order valence-corrected chi connectivity index (χ0v) is 6.46. The van der Waals surface area contributed by atoms with Gasteiger partial charge in [0.25, 0.3) is 0 Å². The third kappa shape index (κ3) is 5.41. The van der Waals surface area contributed by atoms with E-state index < -0.39 is 6.16 Å². The first-order valence-electron chi connectivity index (χ1n) is 3.56. The van der Waals surface area contributed by atoms with Gasteiger partial charge in [0.2, 0.25) is 0 Å². The van der Waals surface area contributed by atoms with Gasteiger partial charge in [-0.05, 0) is 13.3 Å². The van der Waals surface area contributed by atoms with Gasteiger partial charge in [-0.1, -0.05) is 19.8 Å². The number of rotatable bonds is 4. The minimum atomic E-state index is -1.18. The van der Waals surface area contributed by atoms with E-state index in [0.29, 0.717) is 0 Å². The number of hydrogen-bond acceptors (Lipinski definition) is 2. The molecule has 0 amide bonds. The first kappa shape index (κ1) is 9.27. The molecule has 1 unspecified atom stereocenters. The second-order valence-electron chi connectivity index (χ2n) is 2.34. The summed E-state index contributed by atoms with van der Waals surface area (Å²) >= 11 is 0. The maximum atomic E-state index is 9.95. The zero-order valence-electron chi connectivity index (χ0n) is 6.46. The van der Waals surface area contributed by atoms with Gasteiger partial charge in [-0.3, -0.25) is 0 Å². The highest BCUT2D eigenvalue weighted by Gasteiger charge is 2.05. The first-order chi connectivity index (χ1) is 4.66. The molecule has 0 aliphatic heterocycles. The van der Waals surface area contributed by atoms with Crippen LogP contribution in [-0.2, 0) is 4.74 Å². The maximum absolute atomic E-state index is 9.95. The summed E-state index contributed by atoms with van der Waals surface area (Å²) in [4.78, 5) is 9.95. The van der Waals surface area contributed by atoms with Gasteiger partial charge < -0.3 is 9.84 Å². The zero-order chi connectivity index (χ0) is 7.98. The Morgan fingerprint density at radius 1 is 1.70 bits per heavy atom. The summed E-state index contributed by atoms with van der Waals surface area (Å²) < 4.78 is 4.47. The quantitative estimate of drug-likeness (QED) is 0.619. The normalized spacial score (nSPS) is 12.6. The standard InChI is InChI=1S/C7H14O3/c1-3-4-5-6(2)10-7(8)9/h6H,3-5H2,1-2H3,(H,8,9). The molecule has 0 bridgehead atoms. The smallest absolute Gasteiger partial charge is 0.450 e. The van der Waals surface area contributed by atoms with E-state index in [9.17, 15) is 4.79 Å². The summed E-state index contributed by atoms with van der Waals surface area (Å²) in [7, 11) is 0. The Kier molecular flexibility index (Phi) is 4.72. The van der Waals surface area contributed by atoms with Gasteiger partial charge in [-0.15, -0.1) is 0 Å². The number of hydrogen-bond donors (Lipinski definition) is 1. The molecule has 60 valence electrons. The molecule has 0 spiro atoms. The molecule has 1 N–H and O–H groups in total. The largest absolute Gasteiger partial charge is 0.506 e. The molecule has 0 heterocycles. The van der Waals surface area contributed by atoms with Crippen molar-refractivity contribution < 1.29 is 14.6 Å². The van der Waals surface area contributed by atoms with Crippen LogP contribution in [0, 0.1) is 0 Å². The van der Waals surface area contributed by atoms with Crippen molar-refractivity contribution in [2.24, 2.45) is 0 Å². The number of carboxylic acid groups (broad SMARTS) is 1. The Bertz CT molecular complexity index is 101. The first-order valence-corrected chi connectivity index (χ1v) is 3.56. The van der Waals surface area contributed by atoms with Gasteiger partial charge in [0.1, 0.15) is 6.10 Å². The molecular formula is C7H14O3. The van der Waals surface area contributed by atoms with Crippen molar-refractivity contribution >= 4 is 6.16 Å². The molecule has 3 heteroatoms. The van der Waals surface area contributed by atoms with Crippen LogP contribution in [0.25, 0.3) is 0 Å². The third-order valence-corrected chi connectivity index (χ3v) is 1.27. The molecule has 0 aromatic heterocycles. The number of ether oxygens (including phenoxy) is 1. The lowest BCUT2D eigenvalue weighted by Gasteiger charge is -2.08. The molecule has 0 aromatic carbocycles. The molecule has 0 radical (unpaired) electrons. The maximum Gasteiger partial charge on any atom is 0.506 e. The van der Waals surface area contributed by atoms with Crippen LogP contribution in [0.5, 0.6) is 0 Å². The van der Waals surface area contributed by atoms with E-state index in [-0.39, 0.29) is 6.10 Å².